The first-order valence-corrected chi connectivity index (χ1v) is 6.30. The second-order valence-corrected chi connectivity index (χ2v) is 3.25. The molecule has 0 bridgehead atoms. The van der Waals surface area contributed by atoms with Gasteiger partial charge in [0.25, 0.3) is 0 Å². The Morgan fingerprint density at radius 3 is 2.06 bits per heavy atom. The summed E-state index contributed by atoms with van der Waals surface area (Å²) in [6.45, 7) is 8.76. The van der Waals surface area contributed by atoms with E-state index >= 15 is 0 Å². The average Bonchev–Trinajstić information content (AvgIpc) is 2.40. The Balaban J connectivity index is 0.00000121. The van der Waals surface area contributed by atoms with Crippen LogP contribution in [-0.4, -0.2) is 24.4 Å². The lowest BCUT2D eigenvalue weighted by atomic mass is 10.3. The first kappa shape index (κ1) is 15.8. The largest absolute Gasteiger partial charge is 0.490 e. The molecular weight excluding hydrogens is 216 g/mol. The molecule has 0 aliphatic heterocycles. The van der Waals surface area contributed by atoms with Crippen molar-refractivity contribution in [3.05, 3.63) is 24.3 Å². The van der Waals surface area contributed by atoms with Crippen LogP contribution in [0.5, 0.6) is 11.5 Å². The average molecular weight is 240 g/mol. The Morgan fingerprint density at radius 1 is 1.06 bits per heavy atom. The molecule has 0 aromatic heterocycles. The van der Waals surface area contributed by atoms with Crippen LogP contribution in [0.25, 0.3) is 0 Å². The third-order valence-electron chi connectivity index (χ3n) is 2.05. The predicted molar refractivity (Wildman–Crippen MR) is 70.8 cm³/mol. The van der Waals surface area contributed by atoms with Crippen LogP contribution in [0.4, 0.5) is 0 Å². The van der Waals surface area contributed by atoms with Gasteiger partial charge in [-0.1, -0.05) is 32.9 Å². The van der Waals surface area contributed by atoms with E-state index in [2.05, 4.69) is 0 Å². The maximum atomic E-state index is 9.37. The summed E-state index contributed by atoms with van der Waals surface area (Å²) >= 11 is 0. The number of benzene rings is 1. The van der Waals surface area contributed by atoms with Crippen molar-refractivity contribution in [1.29, 1.82) is 0 Å². The Labute approximate surface area is 104 Å². The van der Waals surface area contributed by atoms with Crippen LogP contribution in [0.1, 0.15) is 34.1 Å². The summed E-state index contributed by atoms with van der Waals surface area (Å²) in [4.78, 5) is 0. The van der Waals surface area contributed by atoms with Gasteiger partial charge in [0.15, 0.2) is 11.5 Å². The standard InChI is InChI=1S/C12H18O3.C2H6/c1-3-10(13)9-15-12-8-6-5-7-11(12)14-4-2;1-2/h5-8,10,13H,3-4,9H2,1-2H3;1-2H3. The first-order chi connectivity index (χ1) is 8.27. The lowest BCUT2D eigenvalue weighted by Crippen LogP contribution is -2.16. The molecule has 1 unspecified atom stereocenters. The molecule has 0 saturated carbocycles. The van der Waals surface area contributed by atoms with Crippen LogP contribution in [0, 0.1) is 0 Å². The van der Waals surface area contributed by atoms with Crippen LogP contribution in [0.2, 0.25) is 0 Å². The number of aliphatic hydroxyl groups is 1. The Hall–Kier alpha value is -1.22. The van der Waals surface area contributed by atoms with E-state index in [0.717, 1.165) is 5.75 Å². The van der Waals surface area contributed by atoms with Gasteiger partial charge in [0.05, 0.1) is 12.7 Å². The van der Waals surface area contributed by atoms with Crippen molar-refractivity contribution in [2.45, 2.75) is 40.2 Å². The summed E-state index contributed by atoms with van der Waals surface area (Å²) in [6.07, 6.45) is 0.274. The molecule has 0 aliphatic carbocycles. The molecule has 0 amide bonds. The molecule has 3 nitrogen and oxygen atoms in total. The van der Waals surface area contributed by atoms with E-state index in [1.165, 1.54) is 0 Å². The molecule has 0 spiro atoms. The SMILES string of the molecule is CC.CCOc1ccccc1OCC(O)CC. The van der Waals surface area contributed by atoms with Crippen molar-refractivity contribution >= 4 is 0 Å². The maximum absolute atomic E-state index is 9.37. The summed E-state index contributed by atoms with van der Waals surface area (Å²) < 4.78 is 10.9. The highest BCUT2D eigenvalue weighted by Gasteiger charge is 2.06. The van der Waals surface area contributed by atoms with Gasteiger partial charge >= 0.3 is 0 Å². The van der Waals surface area contributed by atoms with Gasteiger partial charge in [-0.15, -0.1) is 0 Å². The molecule has 1 atom stereocenters. The fraction of sp³-hybridized carbons (Fsp3) is 0.571. The van der Waals surface area contributed by atoms with Gasteiger partial charge in [-0.25, -0.2) is 0 Å². The van der Waals surface area contributed by atoms with E-state index < -0.39 is 6.10 Å². The zero-order chi connectivity index (χ0) is 13.1. The Morgan fingerprint density at radius 2 is 1.59 bits per heavy atom. The molecule has 1 rings (SSSR count). The van der Waals surface area contributed by atoms with Crippen LogP contribution in [0.3, 0.4) is 0 Å². The number of hydrogen-bond acceptors (Lipinski definition) is 3. The minimum absolute atomic E-state index is 0.306. The lowest BCUT2D eigenvalue weighted by Gasteiger charge is -2.13. The highest BCUT2D eigenvalue weighted by Crippen LogP contribution is 2.26. The van der Waals surface area contributed by atoms with E-state index in [0.29, 0.717) is 25.4 Å². The molecule has 1 aromatic carbocycles. The fourth-order valence-corrected chi connectivity index (χ4v) is 1.15. The molecular formula is C14H24O3. The molecule has 1 aromatic rings. The molecule has 0 radical (unpaired) electrons. The zero-order valence-corrected chi connectivity index (χ0v) is 11.3. The number of rotatable bonds is 6. The van der Waals surface area contributed by atoms with Gasteiger partial charge < -0.3 is 14.6 Å². The molecule has 1 N–H and O–H groups in total. The number of hydrogen-bond donors (Lipinski definition) is 1. The third kappa shape index (κ3) is 6.17. The summed E-state index contributed by atoms with van der Waals surface area (Å²) in [5, 5.41) is 9.37. The minimum Gasteiger partial charge on any atom is -0.490 e. The third-order valence-corrected chi connectivity index (χ3v) is 2.05. The summed E-state index contributed by atoms with van der Waals surface area (Å²) in [7, 11) is 0. The lowest BCUT2D eigenvalue weighted by molar-refractivity contribution is 0.102. The van der Waals surface area contributed by atoms with E-state index in [1.807, 2.05) is 52.0 Å². The van der Waals surface area contributed by atoms with Gasteiger partial charge in [0, 0.05) is 0 Å². The van der Waals surface area contributed by atoms with E-state index in [4.69, 9.17) is 9.47 Å². The van der Waals surface area contributed by atoms with Crippen LogP contribution >= 0.6 is 0 Å². The zero-order valence-electron chi connectivity index (χ0n) is 11.3. The Kier molecular flexibility index (Phi) is 9.25. The van der Waals surface area contributed by atoms with Gasteiger partial charge in [-0.2, -0.15) is 0 Å². The normalized spacial score (nSPS) is 11.1. The molecule has 0 aliphatic rings. The second kappa shape index (κ2) is 9.97. The quantitative estimate of drug-likeness (QED) is 0.829. The molecule has 3 heteroatoms. The number of ether oxygens (including phenoxy) is 2. The molecule has 17 heavy (non-hydrogen) atoms. The van der Waals surface area contributed by atoms with Crippen LogP contribution < -0.4 is 9.47 Å². The molecule has 98 valence electrons. The smallest absolute Gasteiger partial charge is 0.161 e. The number of aliphatic hydroxyl groups excluding tert-OH is 1. The molecule has 0 fully saturated rings. The van der Waals surface area contributed by atoms with E-state index in [-0.39, 0.29) is 0 Å². The van der Waals surface area contributed by atoms with Crippen molar-refractivity contribution in [2.75, 3.05) is 13.2 Å². The molecule has 0 saturated heterocycles. The minimum atomic E-state index is -0.417. The summed E-state index contributed by atoms with van der Waals surface area (Å²) in [5.41, 5.74) is 0. The van der Waals surface area contributed by atoms with Crippen molar-refractivity contribution in [1.82, 2.24) is 0 Å². The fourth-order valence-electron chi connectivity index (χ4n) is 1.15. The topological polar surface area (TPSA) is 38.7 Å². The maximum Gasteiger partial charge on any atom is 0.161 e. The van der Waals surface area contributed by atoms with E-state index in [1.54, 1.807) is 0 Å². The predicted octanol–water partition coefficient (Wildman–Crippen LogP) is 3.26. The van der Waals surface area contributed by atoms with Crippen molar-refractivity contribution in [3.8, 4) is 11.5 Å². The summed E-state index contributed by atoms with van der Waals surface area (Å²) in [6, 6.07) is 7.48. The van der Waals surface area contributed by atoms with Crippen molar-refractivity contribution in [2.24, 2.45) is 0 Å². The summed E-state index contributed by atoms with van der Waals surface area (Å²) in [5.74, 6) is 1.41. The van der Waals surface area contributed by atoms with Gasteiger partial charge in [0.2, 0.25) is 0 Å². The van der Waals surface area contributed by atoms with E-state index in [9.17, 15) is 5.11 Å². The highest BCUT2D eigenvalue weighted by atomic mass is 16.5. The first-order valence-electron chi connectivity index (χ1n) is 6.30. The van der Waals surface area contributed by atoms with Gasteiger partial charge in [-0.05, 0) is 25.5 Å². The van der Waals surface area contributed by atoms with Crippen molar-refractivity contribution < 1.29 is 14.6 Å². The van der Waals surface area contributed by atoms with Gasteiger partial charge in [0.1, 0.15) is 6.61 Å². The van der Waals surface area contributed by atoms with Crippen molar-refractivity contribution in [3.63, 3.8) is 0 Å². The van der Waals surface area contributed by atoms with Gasteiger partial charge in [-0.3, -0.25) is 0 Å². The van der Waals surface area contributed by atoms with Crippen LogP contribution in [0.15, 0.2) is 24.3 Å². The highest BCUT2D eigenvalue weighted by molar-refractivity contribution is 5.39. The molecule has 0 heterocycles. The van der Waals surface area contributed by atoms with Crippen LogP contribution in [-0.2, 0) is 0 Å². The number of para-hydroxylation sites is 2. The Bertz CT molecular complexity index is 287. The monoisotopic (exact) mass is 240 g/mol. The second-order valence-electron chi connectivity index (χ2n) is 3.25.